The highest BCUT2D eigenvalue weighted by molar-refractivity contribution is 7.99. The van der Waals surface area contributed by atoms with Gasteiger partial charge >= 0.3 is 0 Å². The Morgan fingerprint density at radius 2 is 1.52 bits per heavy atom. The number of rotatable bonds is 6. The molecule has 5 rings (SSSR count). The lowest BCUT2D eigenvalue weighted by Gasteiger charge is -2.34. The van der Waals surface area contributed by atoms with E-state index in [1.165, 1.54) is 50.9 Å². The molecule has 2 atom stereocenters. The molecule has 172 valence electrons. The number of fused-ring (bicyclic) bond motifs is 1. The number of phenols is 2. The van der Waals surface area contributed by atoms with E-state index >= 15 is 0 Å². The fourth-order valence-corrected chi connectivity index (χ4v) is 6.12. The molecule has 2 N–H and O–H groups in total. The fraction of sp³-hybridized carbons (Fsp3) is 0.357. The van der Waals surface area contributed by atoms with Crippen LogP contribution >= 0.6 is 11.8 Å². The number of nitrogens with zero attached hydrogens (tertiary/aromatic N) is 1. The van der Waals surface area contributed by atoms with Crippen LogP contribution in [0.5, 0.6) is 17.2 Å². The summed E-state index contributed by atoms with van der Waals surface area (Å²) in [7, 11) is 0. The number of benzene rings is 3. The first-order chi connectivity index (χ1) is 16.2. The average Bonchev–Trinajstić information content (AvgIpc) is 2.85. The van der Waals surface area contributed by atoms with E-state index in [0.717, 1.165) is 28.2 Å². The Morgan fingerprint density at radius 3 is 2.27 bits per heavy atom. The molecule has 2 unspecified atom stereocenters. The predicted molar refractivity (Wildman–Crippen MR) is 133 cm³/mol. The molecule has 5 heteroatoms. The van der Waals surface area contributed by atoms with Crippen LogP contribution in [0.1, 0.15) is 53.7 Å². The number of hydrogen-bond acceptors (Lipinski definition) is 5. The van der Waals surface area contributed by atoms with Gasteiger partial charge in [-0.1, -0.05) is 42.8 Å². The van der Waals surface area contributed by atoms with Gasteiger partial charge in [-0.3, -0.25) is 0 Å². The summed E-state index contributed by atoms with van der Waals surface area (Å²) in [6.45, 7) is 3.71. The Hall–Kier alpha value is -2.63. The quantitative estimate of drug-likeness (QED) is 0.440. The van der Waals surface area contributed by atoms with Gasteiger partial charge in [0.1, 0.15) is 23.4 Å². The number of thioether (sulfide) groups is 1. The number of piperidine rings is 1. The van der Waals surface area contributed by atoms with Gasteiger partial charge in [0.15, 0.2) is 0 Å². The normalized spacial score (nSPS) is 20.7. The van der Waals surface area contributed by atoms with Crippen molar-refractivity contribution in [1.82, 2.24) is 4.90 Å². The number of aromatic hydroxyl groups is 2. The first-order valence-corrected chi connectivity index (χ1v) is 12.8. The van der Waals surface area contributed by atoms with Crippen molar-refractivity contribution < 1.29 is 14.9 Å². The van der Waals surface area contributed by atoms with E-state index in [1.807, 2.05) is 18.2 Å². The molecule has 0 amide bonds. The topological polar surface area (TPSA) is 52.9 Å². The third kappa shape index (κ3) is 5.31. The summed E-state index contributed by atoms with van der Waals surface area (Å²) in [6, 6.07) is 21.5. The van der Waals surface area contributed by atoms with E-state index in [4.69, 9.17) is 4.74 Å². The molecule has 1 fully saturated rings. The Balaban J connectivity index is 1.32. The van der Waals surface area contributed by atoms with Gasteiger partial charge in [0.2, 0.25) is 0 Å². The van der Waals surface area contributed by atoms with E-state index in [9.17, 15) is 10.2 Å². The maximum Gasteiger partial charge on any atom is 0.140 e. The number of hydrogen-bond donors (Lipinski definition) is 2. The zero-order chi connectivity index (χ0) is 22.6. The lowest BCUT2D eigenvalue weighted by Crippen LogP contribution is -2.30. The molecule has 0 saturated carbocycles. The van der Waals surface area contributed by atoms with Crippen molar-refractivity contribution in [3.05, 3.63) is 83.4 Å². The third-order valence-electron chi connectivity index (χ3n) is 6.63. The SMILES string of the molecule is Oc1ccc(C2Sc3cc(O)ccc3OC2c2ccc(CCCN3CCCCC3)cc2)cc1. The average molecular weight is 462 g/mol. The van der Waals surface area contributed by atoms with Gasteiger partial charge in [-0.25, -0.2) is 0 Å². The van der Waals surface area contributed by atoms with Gasteiger partial charge < -0.3 is 19.8 Å². The minimum Gasteiger partial charge on any atom is -0.508 e. The number of aryl methyl sites for hydroxylation is 1. The van der Waals surface area contributed by atoms with E-state index in [-0.39, 0.29) is 22.9 Å². The largest absolute Gasteiger partial charge is 0.508 e. The summed E-state index contributed by atoms with van der Waals surface area (Å²) < 4.78 is 6.47. The van der Waals surface area contributed by atoms with Crippen molar-refractivity contribution in [2.24, 2.45) is 0 Å². The molecule has 2 aliphatic rings. The van der Waals surface area contributed by atoms with Crippen molar-refractivity contribution in [3.63, 3.8) is 0 Å². The summed E-state index contributed by atoms with van der Waals surface area (Å²) in [5, 5.41) is 19.7. The van der Waals surface area contributed by atoms with Crippen LogP contribution in [0.4, 0.5) is 0 Å². The van der Waals surface area contributed by atoms with E-state index < -0.39 is 0 Å². The van der Waals surface area contributed by atoms with Gasteiger partial charge in [0.05, 0.1) is 10.1 Å². The molecule has 0 aromatic heterocycles. The van der Waals surface area contributed by atoms with Crippen molar-refractivity contribution in [3.8, 4) is 17.2 Å². The van der Waals surface area contributed by atoms with Crippen molar-refractivity contribution in [2.75, 3.05) is 19.6 Å². The number of phenolic OH excluding ortho intramolecular Hbond substituents is 2. The molecule has 2 heterocycles. The molecule has 1 saturated heterocycles. The van der Waals surface area contributed by atoms with Gasteiger partial charge in [-0.05, 0) is 92.3 Å². The third-order valence-corrected chi connectivity index (χ3v) is 7.97. The first-order valence-electron chi connectivity index (χ1n) is 11.9. The minimum atomic E-state index is -0.154. The maximum absolute atomic E-state index is 9.94. The van der Waals surface area contributed by atoms with Crippen molar-refractivity contribution in [2.45, 2.75) is 48.4 Å². The van der Waals surface area contributed by atoms with Crippen molar-refractivity contribution >= 4 is 11.8 Å². The van der Waals surface area contributed by atoms with E-state index in [2.05, 4.69) is 29.2 Å². The highest BCUT2D eigenvalue weighted by Gasteiger charge is 2.33. The number of likely N-dealkylation sites (tertiary alicyclic amines) is 1. The smallest absolute Gasteiger partial charge is 0.140 e. The zero-order valence-electron chi connectivity index (χ0n) is 18.8. The Morgan fingerprint density at radius 1 is 0.818 bits per heavy atom. The molecule has 0 bridgehead atoms. The zero-order valence-corrected chi connectivity index (χ0v) is 19.6. The molecule has 0 aliphatic carbocycles. The lowest BCUT2D eigenvalue weighted by atomic mass is 9.98. The summed E-state index contributed by atoms with van der Waals surface area (Å²) in [6.07, 6.45) is 6.22. The Labute approximate surface area is 200 Å². The summed E-state index contributed by atoms with van der Waals surface area (Å²) in [4.78, 5) is 3.53. The molecule has 0 radical (unpaired) electrons. The van der Waals surface area contributed by atoms with Crippen LogP contribution in [0.15, 0.2) is 71.6 Å². The molecule has 3 aromatic carbocycles. The minimum absolute atomic E-state index is 0.0184. The molecule has 0 spiro atoms. The fourth-order valence-electron chi connectivity index (χ4n) is 4.80. The first kappa shape index (κ1) is 22.2. The van der Waals surface area contributed by atoms with Crippen LogP contribution < -0.4 is 4.74 Å². The molecule has 3 aromatic rings. The molecular formula is C28H31NO3S. The second-order valence-corrected chi connectivity index (χ2v) is 10.2. The van der Waals surface area contributed by atoms with Crippen LogP contribution in [0.3, 0.4) is 0 Å². The monoisotopic (exact) mass is 461 g/mol. The summed E-state index contributed by atoms with van der Waals surface area (Å²) >= 11 is 1.69. The highest BCUT2D eigenvalue weighted by Crippen LogP contribution is 2.53. The van der Waals surface area contributed by atoms with Crippen LogP contribution in [0.2, 0.25) is 0 Å². The van der Waals surface area contributed by atoms with E-state index in [1.54, 1.807) is 36.0 Å². The Kier molecular flexibility index (Phi) is 6.79. The highest BCUT2D eigenvalue weighted by atomic mass is 32.2. The number of ether oxygens (including phenoxy) is 1. The van der Waals surface area contributed by atoms with Crippen LogP contribution in [0, 0.1) is 0 Å². The van der Waals surface area contributed by atoms with E-state index in [0.29, 0.717) is 0 Å². The van der Waals surface area contributed by atoms with Crippen LogP contribution in [-0.4, -0.2) is 34.7 Å². The van der Waals surface area contributed by atoms with Gasteiger partial charge in [-0.15, -0.1) is 11.8 Å². The lowest BCUT2D eigenvalue weighted by molar-refractivity contribution is 0.190. The molecular weight excluding hydrogens is 430 g/mol. The predicted octanol–water partition coefficient (Wildman–Crippen LogP) is 6.48. The van der Waals surface area contributed by atoms with Gasteiger partial charge in [-0.2, -0.15) is 0 Å². The second-order valence-electron chi connectivity index (χ2n) is 9.05. The molecule has 33 heavy (non-hydrogen) atoms. The Bertz CT molecular complexity index is 1060. The second kappa shape index (κ2) is 10.1. The van der Waals surface area contributed by atoms with Crippen LogP contribution in [0.25, 0.3) is 0 Å². The summed E-state index contributed by atoms with van der Waals surface area (Å²) in [5.74, 6) is 1.29. The van der Waals surface area contributed by atoms with Gasteiger partial charge in [0, 0.05) is 0 Å². The molecule has 4 nitrogen and oxygen atoms in total. The molecule has 2 aliphatic heterocycles. The van der Waals surface area contributed by atoms with Gasteiger partial charge in [0.25, 0.3) is 0 Å². The summed E-state index contributed by atoms with van der Waals surface area (Å²) in [5.41, 5.74) is 3.59. The van der Waals surface area contributed by atoms with Crippen LogP contribution in [-0.2, 0) is 6.42 Å². The standard InChI is InChI=1S/C28H31NO3S/c30-23-12-10-22(11-13-23)28-27(32-25-15-14-24(31)19-26(25)33-28)21-8-6-20(7-9-21)5-4-18-29-16-2-1-3-17-29/h6-15,19,27-28,30-31H,1-5,16-18H2. The van der Waals surface area contributed by atoms with Crippen molar-refractivity contribution in [1.29, 1.82) is 0 Å². The maximum atomic E-state index is 9.94.